The van der Waals surface area contributed by atoms with Crippen LogP contribution in [-0.4, -0.2) is 47.5 Å². The third kappa shape index (κ3) is 3.64. The van der Waals surface area contributed by atoms with Gasteiger partial charge in [-0.3, -0.25) is 9.69 Å². The van der Waals surface area contributed by atoms with Crippen molar-refractivity contribution in [3.63, 3.8) is 0 Å². The SMILES string of the molecule is O=C(O)CN(CCS)C(=O)OCC1c2ccccc2-c2ccccc21. The average molecular weight is 357 g/mol. The van der Waals surface area contributed by atoms with Gasteiger partial charge in [-0.1, -0.05) is 48.5 Å². The zero-order valence-electron chi connectivity index (χ0n) is 13.6. The van der Waals surface area contributed by atoms with E-state index in [9.17, 15) is 9.59 Å². The van der Waals surface area contributed by atoms with Gasteiger partial charge >= 0.3 is 12.1 Å². The van der Waals surface area contributed by atoms with Gasteiger partial charge in [0.05, 0.1) is 0 Å². The molecule has 0 saturated heterocycles. The van der Waals surface area contributed by atoms with Crippen molar-refractivity contribution < 1.29 is 19.4 Å². The van der Waals surface area contributed by atoms with Crippen LogP contribution < -0.4 is 0 Å². The Bertz CT molecular complexity index is 747. The number of ether oxygens (including phenoxy) is 1. The Labute approximate surface area is 151 Å². The highest BCUT2D eigenvalue weighted by Gasteiger charge is 2.29. The molecule has 6 heteroatoms. The van der Waals surface area contributed by atoms with Gasteiger partial charge in [-0.25, -0.2) is 4.79 Å². The number of hydrogen-bond acceptors (Lipinski definition) is 4. The molecule has 2 aromatic carbocycles. The molecule has 1 N–H and O–H groups in total. The molecule has 2 aromatic rings. The molecule has 3 rings (SSSR count). The topological polar surface area (TPSA) is 66.8 Å². The first-order chi connectivity index (χ1) is 12.1. The lowest BCUT2D eigenvalue weighted by molar-refractivity contribution is -0.137. The van der Waals surface area contributed by atoms with E-state index in [4.69, 9.17) is 9.84 Å². The minimum Gasteiger partial charge on any atom is -0.480 e. The largest absolute Gasteiger partial charge is 0.480 e. The number of amides is 1. The summed E-state index contributed by atoms with van der Waals surface area (Å²) in [6.45, 7) is 0.0128. The lowest BCUT2D eigenvalue weighted by Crippen LogP contribution is -2.38. The molecule has 25 heavy (non-hydrogen) atoms. The highest BCUT2D eigenvalue weighted by atomic mass is 32.1. The molecule has 0 aliphatic heterocycles. The number of carboxylic acid groups (broad SMARTS) is 1. The number of fused-ring (bicyclic) bond motifs is 3. The number of rotatable bonds is 6. The highest BCUT2D eigenvalue weighted by molar-refractivity contribution is 7.80. The zero-order chi connectivity index (χ0) is 17.8. The van der Waals surface area contributed by atoms with Crippen molar-refractivity contribution in [2.24, 2.45) is 0 Å². The van der Waals surface area contributed by atoms with Gasteiger partial charge in [0.25, 0.3) is 0 Å². The van der Waals surface area contributed by atoms with E-state index in [0.717, 1.165) is 27.2 Å². The zero-order valence-corrected chi connectivity index (χ0v) is 14.5. The van der Waals surface area contributed by atoms with Crippen LogP contribution in [0.1, 0.15) is 17.0 Å². The fraction of sp³-hybridized carbons (Fsp3) is 0.263. The fourth-order valence-corrected chi connectivity index (χ4v) is 3.45. The van der Waals surface area contributed by atoms with Gasteiger partial charge in [0.2, 0.25) is 0 Å². The molecule has 1 aliphatic carbocycles. The summed E-state index contributed by atoms with van der Waals surface area (Å²) in [5, 5.41) is 8.93. The van der Waals surface area contributed by atoms with Gasteiger partial charge in [-0.05, 0) is 22.3 Å². The molecule has 0 spiro atoms. The van der Waals surface area contributed by atoms with Gasteiger partial charge in [0.15, 0.2) is 0 Å². The quantitative estimate of drug-likeness (QED) is 0.779. The molecular weight excluding hydrogens is 338 g/mol. The molecule has 1 amide bonds. The second-order valence-electron chi connectivity index (χ2n) is 5.84. The third-order valence-corrected chi connectivity index (χ3v) is 4.49. The van der Waals surface area contributed by atoms with Crippen molar-refractivity contribution in [3.05, 3.63) is 59.7 Å². The maximum absolute atomic E-state index is 12.3. The Morgan fingerprint density at radius 3 is 2.12 bits per heavy atom. The molecule has 0 atom stereocenters. The van der Waals surface area contributed by atoms with Crippen molar-refractivity contribution >= 4 is 24.7 Å². The summed E-state index contributed by atoms with van der Waals surface area (Å²) in [5.41, 5.74) is 4.54. The minimum atomic E-state index is -1.07. The first-order valence-corrected chi connectivity index (χ1v) is 8.67. The molecule has 0 saturated carbocycles. The van der Waals surface area contributed by atoms with Crippen molar-refractivity contribution in [2.45, 2.75) is 5.92 Å². The van der Waals surface area contributed by atoms with Crippen LogP contribution >= 0.6 is 12.6 Å². The number of carbonyl (C=O) groups excluding carboxylic acids is 1. The number of nitrogens with zero attached hydrogens (tertiary/aromatic N) is 1. The Morgan fingerprint density at radius 2 is 1.60 bits per heavy atom. The van der Waals surface area contributed by atoms with Crippen LogP contribution in [0.4, 0.5) is 4.79 Å². The lowest BCUT2D eigenvalue weighted by atomic mass is 9.98. The van der Waals surface area contributed by atoms with E-state index in [-0.39, 0.29) is 19.1 Å². The van der Waals surface area contributed by atoms with Crippen LogP contribution in [0.25, 0.3) is 11.1 Å². The molecule has 0 radical (unpaired) electrons. The van der Waals surface area contributed by atoms with Crippen molar-refractivity contribution in [1.82, 2.24) is 4.90 Å². The highest BCUT2D eigenvalue weighted by Crippen LogP contribution is 2.44. The van der Waals surface area contributed by atoms with E-state index >= 15 is 0 Å². The molecule has 0 unspecified atom stereocenters. The Balaban J connectivity index is 1.77. The Kier molecular flexibility index (Phi) is 5.28. The van der Waals surface area contributed by atoms with Crippen LogP contribution in [0.2, 0.25) is 0 Å². The molecule has 5 nitrogen and oxygen atoms in total. The maximum atomic E-state index is 12.3. The predicted molar refractivity (Wildman–Crippen MR) is 98.1 cm³/mol. The van der Waals surface area contributed by atoms with E-state index < -0.39 is 18.6 Å². The standard InChI is InChI=1S/C19H19NO4S/c21-18(22)11-20(9-10-25)19(23)24-12-17-15-7-3-1-5-13(15)14-6-2-4-8-16(14)17/h1-8,17,25H,9-12H2,(H,21,22). The van der Waals surface area contributed by atoms with Gasteiger partial charge in [-0.2, -0.15) is 12.6 Å². The van der Waals surface area contributed by atoms with E-state index in [2.05, 4.69) is 24.8 Å². The first-order valence-electron chi connectivity index (χ1n) is 8.04. The number of thiol groups is 1. The number of benzene rings is 2. The third-order valence-electron chi connectivity index (χ3n) is 4.29. The van der Waals surface area contributed by atoms with Crippen LogP contribution in [-0.2, 0) is 9.53 Å². The smallest absolute Gasteiger partial charge is 0.410 e. The summed E-state index contributed by atoms with van der Waals surface area (Å²) < 4.78 is 5.44. The summed E-state index contributed by atoms with van der Waals surface area (Å²) in [6, 6.07) is 16.1. The second kappa shape index (κ2) is 7.61. The molecule has 130 valence electrons. The molecule has 1 aliphatic rings. The number of aliphatic carboxylic acids is 1. The maximum Gasteiger partial charge on any atom is 0.410 e. The number of carbonyl (C=O) groups is 2. The van der Waals surface area contributed by atoms with E-state index in [1.54, 1.807) is 0 Å². The second-order valence-corrected chi connectivity index (χ2v) is 6.29. The van der Waals surface area contributed by atoms with E-state index in [1.807, 2.05) is 36.4 Å². The summed E-state index contributed by atoms with van der Waals surface area (Å²) in [5.74, 6) is -0.744. The number of hydrogen-bond donors (Lipinski definition) is 2. The first kappa shape index (κ1) is 17.4. The summed E-state index contributed by atoms with van der Waals surface area (Å²) in [4.78, 5) is 24.3. The van der Waals surface area contributed by atoms with Crippen molar-refractivity contribution in [2.75, 3.05) is 25.4 Å². The fourth-order valence-electron chi connectivity index (χ4n) is 3.20. The Hall–Kier alpha value is -2.47. The van der Waals surface area contributed by atoms with Crippen LogP contribution in [0, 0.1) is 0 Å². The summed E-state index contributed by atoms with van der Waals surface area (Å²) >= 11 is 4.06. The molecule has 0 aromatic heterocycles. The Morgan fingerprint density at radius 1 is 1.04 bits per heavy atom. The van der Waals surface area contributed by atoms with Gasteiger partial charge < -0.3 is 9.84 Å². The monoisotopic (exact) mass is 357 g/mol. The van der Waals surface area contributed by atoms with E-state index in [0.29, 0.717) is 5.75 Å². The molecule has 0 heterocycles. The molecule has 0 fully saturated rings. The minimum absolute atomic E-state index is 0.0426. The van der Waals surface area contributed by atoms with Gasteiger partial charge in [0.1, 0.15) is 13.2 Å². The average Bonchev–Trinajstić information content (AvgIpc) is 2.93. The van der Waals surface area contributed by atoms with Crippen LogP contribution in [0.15, 0.2) is 48.5 Å². The van der Waals surface area contributed by atoms with Crippen molar-refractivity contribution in [1.29, 1.82) is 0 Å². The predicted octanol–water partition coefficient (Wildman–Crippen LogP) is 3.25. The van der Waals surface area contributed by atoms with Gasteiger partial charge in [0, 0.05) is 18.2 Å². The van der Waals surface area contributed by atoms with Gasteiger partial charge in [-0.15, -0.1) is 0 Å². The summed E-state index contributed by atoms with van der Waals surface area (Å²) in [6.07, 6.45) is -0.627. The molecule has 0 bridgehead atoms. The normalized spacial score (nSPS) is 12.4. The number of carboxylic acids is 1. The van der Waals surface area contributed by atoms with Crippen LogP contribution in [0.5, 0.6) is 0 Å². The molecular formula is C19H19NO4S. The van der Waals surface area contributed by atoms with Crippen LogP contribution in [0.3, 0.4) is 0 Å². The summed E-state index contributed by atoms with van der Waals surface area (Å²) in [7, 11) is 0. The van der Waals surface area contributed by atoms with E-state index in [1.165, 1.54) is 0 Å². The van der Waals surface area contributed by atoms with Crippen molar-refractivity contribution in [3.8, 4) is 11.1 Å². The lowest BCUT2D eigenvalue weighted by Gasteiger charge is -2.21.